The summed E-state index contributed by atoms with van der Waals surface area (Å²) in [4.78, 5) is 105. The van der Waals surface area contributed by atoms with Crippen LogP contribution in [0.4, 0.5) is 21.0 Å². The maximum atomic E-state index is 14.9. The van der Waals surface area contributed by atoms with Crippen LogP contribution in [0.5, 0.6) is 0 Å². The molecular formula is C58H89N9O11S. The zero-order valence-corrected chi connectivity index (χ0v) is 49.2. The van der Waals surface area contributed by atoms with Crippen LogP contribution in [-0.4, -0.2) is 119 Å². The minimum absolute atomic E-state index is 0.0277. The minimum atomic E-state index is -1.20. The van der Waals surface area contributed by atoms with Crippen molar-refractivity contribution in [2.24, 2.45) is 28.9 Å². The molecule has 0 saturated carbocycles. The van der Waals surface area contributed by atoms with E-state index in [0.29, 0.717) is 67.4 Å². The van der Waals surface area contributed by atoms with Gasteiger partial charge in [-0.3, -0.25) is 39.0 Å². The zero-order chi connectivity index (χ0) is 58.5. The predicted octanol–water partition coefficient (Wildman–Crippen LogP) is 9.21. The third-order valence-electron chi connectivity index (χ3n) is 14.9. The number of carbonyl (C=O) groups excluding carboxylic acids is 6. The van der Waals surface area contributed by atoms with Crippen LogP contribution in [0.25, 0.3) is 0 Å². The smallest absolute Gasteiger partial charge is 0.411 e. The third-order valence-corrected chi connectivity index (χ3v) is 15.8. The van der Waals surface area contributed by atoms with E-state index in [0.717, 1.165) is 37.8 Å². The molecule has 438 valence electrons. The van der Waals surface area contributed by atoms with Crippen molar-refractivity contribution in [1.29, 1.82) is 0 Å². The number of carboxylic acid groups (broad SMARTS) is 1. The number of hydrogen-bond donors (Lipinski definition) is 7. The number of rotatable bonds is 33. The molecule has 0 aliphatic carbocycles. The van der Waals surface area contributed by atoms with Crippen LogP contribution < -0.4 is 32.3 Å². The van der Waals surface area contributed by atoms with Gasteiger partial charge in [0.15, 0.2) is 0 Å². The number of aromatic nitrogens is 1. The number of benzene rings is 2. The van der Waals surface area contributed by atoms with E-state index in [4.69, 9.17) is 25.0 Å². The summed E-state index contributed by atoms with van der Waals surface area (Å²) < 4.78 is 11.8. The summed E-state index contributed by atoms with van der Waals surface area (Å²) in [5, 5.41) is 28.1. The number of thiazole rings is 1. The first-order valence-electron chi connectivity index (χ1n) is 28.0. The molecule has 2 heterocycles. The standard InChI is InChI=1S/C58H89N9O11S/c1-12-15-16-31-78-67(52(70)48(38(6)13-2)65-53(71)58(10)28-18-30-66(58)11)46(37(4)5)33-47(76-14-3)51-64-45(36-79-51)50(69)62-44(34-57(8,9)54(72)73)32-40-20-24-43(25-21-40)63-56(75)77-35-41-22-26-42(27-23-41)61-49(68)39(7)19-17-29-60-55(59)74/h20-27,36-39,44,46-48H,12-19,28-35H2,1-11H3,(H,61,68)(H,62,69)(H,63,75)(H,65,71)(H,72,73)(H3,59,60,74)/t38-,39-,44-,46+,47+,48-,58+/m0/s1. The summed E-state index contributed by atoms with van der Waals surface area (Å²) in [5.74, 6) is -2.77. The number of nitrogens with zero attached hydrogens (tertiary/aromatic N) is 3. The molecule has 7 amide bonds. The Morgan fingerprint density at radius 1 is 0.911 bits per heavy atom. The summed E-state index contributed by atoms with van der Waals surface area (Å²) >= 11 is 1.26. The van der Waals surface area contributed by atoms with Gasteiger partial charge in [0, 0.05) is 48.3 Å². The Labute approximate surface area is 471 Å². The summed E-state index contributed by atoms with van der Waals surface area (Å²) in [6, 6.07) is 11.3. The number of nitrogens with two attached hydrogens (primary N) is 1. The van der Waals surface area contributed by atoms with E-state index in [9.17, 15) is 38.7 Å². The van der Waals surface area contributed by atoms with E-state index in [1.54, 1.807) is 74.7 Å². The van der Waals surface area contributed by atoms with Crippen LogP contribution in [0.2, 0.25) is 0 Å². The number of hydrogen-bond acceptors (Lipinski definition) is 13. The fraction of sp³-hybridized carbons (Fsp3) is 0.621. The molecule has 1 saturated heterocycles. The molecule has 0 radical (unpaired) electrons. The van der Waals surface area contributed by atoms with E-state index in [-0.39, 0.29) is 67.0 Å². The molecule has 1 aromatic heterocycles. The molecular weight excluding hydrogens is 1030 g/mol. The second-order valence-electron chi connectivity index (χ2n) is 22.1. The number of nitrogens with one attached hydrogen (secondary N) is 5. The highest BCUT2D eigenvalue weighted by molar-refractivity contribution is 7.09. The van der Waals surface area contributed by atoms with Crippen molar-refractivity contribution >= 4 is 64.4 Å². The Kier molecular flexibility index (Phi) is 26.1. The monoisotopic (exact) mass is 1120 g/mol. The first-order valence-corrected chi connectivity index (χ1v) is 28.9. The third kappa shape index (κ3) is 20.2. The van der Waals surface area contributed by atoms with Crippen molar-refractivity contribution in [2.45, 2.75) is 176 Å². The molecule has 79 heavy (non-hydrogen) atoms. The maximum absolute atomic E-state index is 14.9. The lowest BCUT2D eigenvalue weighted by molar-refractivity contribution is -0.213. The summed E-state index contributed by atoms with van der Waals surface area (Å²) in [5.41, 5.74) is 5.79. The van der Waals surface area contributed by atoms with Crippen molar-refractivity contribution in [3.63, 3.8) is 0 Å². The lowest BCUT2D eigenvalue weighted by Gasteiger charge is -2.39. The molecule has 2 aromatic carbocycles. The average Bonchev–Trinajstić information content (AvgIpc) is 4.05. The number of aliphatic carboxylic acids is 1. The minimum Gasteiger partial charge on any atom is -0.481 e. The van der Waals surface area contributed by atoms with Gasteiger partial charge in [0.2, 0.25) is 11.8 Å². The molecule has 0 spiro atoms. The van der Waals surface area contributed by atoms with Crippen LogP contribution in [0, 0.1) is 23.2 Å². The first-order chi connectivity index (χ1) is 37.4. The van der Waals surface area contributed by atoms with E-state index in [1.165, 1.54) is 16.4 Å². The van der Waals surface area contributed by atoms with Gasteiger partial charge in [-0.15, -0.1) is 11.3 Å². The van der Waals surface area contributed by atoms with E-state index < -0.39 is 59.2 Å². The van der Waals surface area contributed by atoms with E-state index in [2.05, 4.69) is 33.5 Å². The number of urea groups is 1. The fourth-order valence-corrected chi connectivity index (χ4v) is 10.2. The fourth-order valence-electron chi connectivity index (χ4n) is 9.33. The molecule has 1 aliphatic heterocycles. The summed E-state index contributed by atoms with van der Waals surface area (Å²) in [6.07, 6.45) is 5.35. The Morgan fingerprint density at radius 3 is 2.15 bits per heavy atom. The Bertz CT molecular complexity index is 2450. The van der Waals surface area contributed by atoms with E-state index >= 15 is 0 Å². The number of carbonyl (C=O) groups is 7. The Morgan fingerprint density at radius 2 is 1.57 bits per heavy atom. The number of amides is 7. The normalized spacial score (nSPS) is 16.9. The number of likely N-dealkylation sites (N-methyl/N-ethyl adjacent to an activating group) is 1. The van der Waals surface area contributed by atoms with E-state index in [1.807, 2.05) is 53.5 Å². The van der Waals surface area contributed by atoms with Crippen molar-refractivity contribution in [3.05, 3.63) is 75.7 Å². The van der Waals surface area contributed by atoms with Crippen molar-refractivity contribution < 1.29 is 53.0 Å². The molecule has 8 N–H and O–H groups in total. The van der Waals surface area contributed by atoms with Gasteiger partial charge in [-0.1, -0.05) is 85.1 Å². The number of anilines is 2. The van der Waals surface area contributed by atoms with Gasteiger partial charge in [-0.25, -0.2) is 19.6 Å². The molecule has 0 bridgehead atoms. The van der Waals surface area contributed by atoms with Crippen molar-refractivity contribution in [3.8, 4) is 0 Å². The number of likely N-dealkylation sites (tertiary alicyclic amines) is 1. The number of primary amides is 1. The topological polar surface area (TPSA) is 273 Å². The van der Waals surface area contributed by atoms with Gasteiger partial charge < -0.3 is 41.6 Å². The quantitative estimate of drug-likeness (QED) is 0.0222. The van der Waals surface area contributed by atoms with Gasteiger partial charge in [0.25, 0.3) is 11.8 Å². The number of unbranched alkanes of at least 4 members (excludes halogenated alkanes) is 2. The molecule has 1 aliphatic rings. The largest absolute Gasteiger partial charge is 0.481 e. The molecule has 3 aromatic rings. The van der Waals surface area contributed by atoms with Crippen LogP contribution in [0.3, 0.4) is 0 Å². The maximum Gasteiger partial charge on any atom is 0.411 e. The van der Waals surface area contributed by atoms with Gasteiger partial charge >= 0.3 is 18.1 Å². The first kappa shape index (κ1) is 65.4. The van der Waals surface area contributed by atoms with Gasteiger partial charge in [0.05, 0.1) is 23.6 Å². The SMILES string of the molecule is CCCCCON(C(=O)[C@@H](NC(=O)[C@@]1(C)CCCN1C)[C@@H](C)CC)[C@H](C[C@@H](OCC)c1nc(C(=O)N[C@@H](Cc2ccc(NC(=O)OCc3ccc(NC(=O)[C@@H](C)CCCNC(N)=O)cc3)cc2)CC(C)(C)C(=O)O)cs1)C(C)C. The van der Waals surface area contributed by atoms with Crippen LogP contribution >= 0.6 is 11.3 Å². The van der Waals surface area contributed by atoms with Crippen molar-refractivity contribution in [1.82, 2.24) is 30.9 Å². The summed E-state index contributed by atoms with van der Waals surface area (Å²) in [7, 11) is 1.94. The molecule has 1 fully saturated rings. The molecule has 21 heteroatoms. The molecule has 20 nitrogen and oxygen atoms in total. The average molecular weight is 1120 g/mol. The molecule has 7 atom stereocenters. The van der Waals surface area contributed by atoms with Crippen LogP contribution in [0.15, 0.2) is 53.9 Å². The second-order valence-corrected chi connectivity index (χ2v) is 23.0. The number of carboxylic acids is 1. The molecule has 4 rings (SSSR count). The highest BCUT2D eigenvalue weighted by Crippen LogP contribution is 2.33. The van der Waals surface area contributed by atoms with Crippen LogP contribution in [-0.2, 0) is 46.5 Å². The lowest BCUT2D eigenvalue weighted by Crippen LogP contribution is -2.60. The Hall–Kier alpha value is -6.16. The molecule has 0 unspecified atom stereocenters. The highest BCUT2D eigenvalue weighted by Gasteiger charge is 2.45. The van der Waals surface area contributed by atoms with Crippen LogP contribution in [0.1, 0.15) is 166 Å². The number of ether oxygens (including phenoxy) is 2. The summed E-state index contributed by atoms with van der Waals surface area (Å²) in [6.45, 7) is 20.7. The number of hydroxylamine groups is 2. The van der Waals surface area contributed by atoms with Gasteiger partial charge in [-0.05, 0) is 133 Å². The predicted molar refractivity (Wildman–Crippen MR) is 306 cm³/mol. The Balaban J connectivity index is 1.44. The lowest BCUT2D eigenvalue weighted by atomic mass is 9.84. The zero-order valence-electron chi connectivity index (χ0n) is 48.4. The highest BCUT2D eigenvalue weighted by atomic mass is 32.1. The van der Waals surface area contributed by atoms with Crippen molar-refractivity contribution in [2.75, 3.05) is 44.0 Å². The second kappa shape index (κ2) is 31.6. The van der Waals surface area contributed by atoms with Gasteiger partial charge in [0.1, 0.15) is 29.5 Å². The van der Waals surface area contributed by atoms with Gasteiger partial charge in [-0.2, -0.15) is 0 Å².